The lowest BCUT2D eigenvalue weighted by molar-refractivity contribution is 0.493. The fraction of sp³-hybridized carbons (Fsp3) is 0.286. The van der Waals surface area contributed by atoms with Gasteiger partial charge in [-0.3, -0.25) is 9.98 Å². The van der Waals surface area contributed by atoms with E-state index in [0.29, 0.717) is 11.0 Å². The molecule has 0 aliphatic carbocycles. The molecule has 0 radical (unpaired) electrons. The molecule has 1 aliphatic rings. The molecular formula is C14H16N6S. The Bertz CT molecular complexity index is 703. The Kier molecular flexibility index (Phi) is 3.52. The zero-order valence-electron chi connectivity index (χ0n) is 11.8. The summed E-state index contributed by atoms with van der Waals surface area (Å²) in [4.78, 5) is 13.1. The molecule has 0 saturated heterocycles. The Labute approximate surface area is 127 Å². The highest BCUT2D eigenvalue weighted by Crippen LogP contribution is 2.23. The topological polar surface area (TPSA) is 89.1 Å². The highest BCUT2D eigenvalue weighted by molar-refractivity contribution is 7.09. The van der Waals surface area contributed by atoms with Crippen molar-refractivity contribution in [2.45, 2.75) is 25.6 Å². The van der Waals surface area contributed by atoms with Crippen LogP contribution in [-0.2, 0) is 0 Å². The second-order valence-electron chi connectivity index (χ2n) is 5.21. The van der Waals surface area contributed by atoms with Crippen molar-refractivity contribution in [1.29, 1.82) is 0 Å². The third-order valence-electron chi connectivity index (χ3n) is 3.20. The number of allylic oxidation sites excluding steroid dienone is 1. The van der Waals surface area contributed by atoms with E-state index in [1.807, 2.05) is 38.1 Å². The van der Waals surface area contributed by atoms with Gasteiger partial charge < -0.3 is 11.1 Å². The average molecular weight is 300 g/mol. The Balaban J connectivity index is 1.80. The van der Waals surface area contributed by atoms with Crippen molar-refractivity contribution >= 4 is 22.9 Å². The van der Waals surface area contributed by atoms with Crippen LogP contribution in [0, 0.1) is 6.92 Å². The summed E-state index contributed by atoms with van der Waals surface area (Å²) in [5.41, 5.74) is 7.53. The highest BCUT2D eigenvalue weighted by atomic mass is 32.1. The molecule has 0 aromatic carbocycles. The first-order valence-electron chi connectivity index (χ1n) is 6.58. The first kappa shape index (κ1) is 13.8. The van der Waals surface area contributed by atoms with Gasteiger partial charge in [-0.2, -0.15) is 9.36 Å². The van der Waals surface area contributed by atoms with Crippen LogP contribution in [0.3, 0.4) is 0 Å². The average Bonchev–Trinajstić information content (AvgIpc) is 2.90. The number of pyridine rings is 1. The standard InChI is InChI=1S/C14H16N6S/c1-9-4-7-16-10(8-9)11-18-13(21-20-11)19-12-14(2,15)5-3-6-17-12/h3-8,12H,15H2,1-2H3,(H,18,19,20). The monoisotopic (exact) mass is 300 g/mol. The molecule has 3 rings (SSSR count). The molecule has 108 valence electrons. The number of aryl methyl sites for hydroxylation is 1. The largest absolute Gasteiger partial charge is 0.337 e. The van der Waals surface area contributed by atoms with Crippen LogP contribution in [0.15, 0.2) is 35.5 Å². The minimum atomic E-state index is -0.553. The smallest absolute Gasteiger partial charge is 0.204 e. The molecule has 21 heavy (non-hydrogen) atoms. The van der Waals surface area contributed by atoms with Crippen LogP contribution >= 0.6 is 11.5 Å². The number of hydrogen-bond acceptors (Lipinski definition) is 7. The number of nitrogens with two attached hydrogens (primary N) is 1. The Morgan fingerprint density at radius 1 is 1.43 bits per heavy atom. The molecule has 1 aliphatic heterocycles. The van der Waals surface area contributed by atoms with Crippen LogP contribution in [-0.4, -0.2) is 32.3 Å². The van der Waals surface area contributed by atoms with E-state index in [0.717, 1.165) is 11.3 Å². The maximum atomic E-state index is 6.19. The van der Waals surface area contributed by atoms with Crippen molar-refractivity contribution in [3.63, 3.8) is 0 Å². The summed E-state index contributed by atoms with van der Waals surface area (Å²) in [5.74, 6) is 0.611. The van der Waals surface area contributed by atoms with Gasteiger partial charge in [-0.1, -0.05) is 6.08 Å². The van der Waals surface area contributed by atoms with Crippen LogP contribution < -0.4 is 11.1 Å². The normalized spacial score (nSPS) is 24.2. The van der Waals surface area contributed by atoms with Crippen molar-refractivity contribution < 1.29 is 0 Å². The van der Waals surface area contributed by atoms with Gasteiger partial charge in [0.2, 0.25) is 5.13 Å². The van der Waals surface area contributed by atoms with Gasteiger partial charge in [-0.05, 0) is 37.6 Å². The minimum Gasteiger partial charge on any atom is -0.337 e. The van der Waals surface area contributed by atoms with Gasteiger partial charge in [0, 0.05) is 23.9 Å². The number of rotatable bonds is 3. The molecule has 2 atom stereocenters. The summed E-state index contributed by atoms with van der Waals surface area (Å²) in [6.07, 6.45) is 7.00. The van der Waals surface area contributed by atoms with Gasteiger partial charge in [0.25, 0.3) is 0 Å². The maximum absolute atomic E-state index is 6.19. The lowest BCUT2D eigenvalue weighted by Crippen LogP contribution is -2.50. The van der Waals surface area contributed by atoms with E-state index in [-0.39, 0.29) is 6.17 Å². The quantitative estimate of drug-likeness (QED) is 0.905. The van der Waals surface area contributed by atoms with Gasteiger partial charge in [0.15, 0.2) is 5.82 Å². The number of aliphatic imine (C=N–C) groups is 1. The van der Waals surface area contributed by atoms with E-state index in [9.17, 15) is 0 Å². The molecule has 2 unspecified atom stereocenters. The predicted molar refractivity (Wildman–Crippen MR) is 85.5 cm³/mol. The molecule has 2 aromatic heterocycles. The molecule has 6 nitrogen and oxygen atoms in total. The molecule has 3 heterocycles. The molecule has 3 N–H and O–H groups in total. The van der Waals surface area contributed by atoms with E-state index in [1.165, 1.54) is 11.5 Å². The van der Waals surface area contributed by atoms with Crippen molar-refractivity contribution in [2.75, 3.05) is 5.32 Å². The van der Waals surface area contributed by atoms with E-state index < -0.39 is 5.54 Å². The molecule has 7 heteroatoms. The summed E-state index contributed by atoms with van der Waals surface area (Å²) in [7, 11) is 0. The van der Waals surface area contributed by atoms with Crippen LogP contribution in [0.1, 0.15) is 12.5 Å². The lowest BCUT2D eigenvalue weighted by atomic mass is 9.98. The van der Waals surface area contributed by atoms with Crippen molar-refractivity contribution in [2.24, 2.45) is 10.7 Å². The summed E-state index contributed by atoms with van der Waals surface area (Å²) in [5, 5.41) is 3.90. The van der Waals surface area contributed by atoms with Crippen molar-refractivity contribution in [3.05, 3.63) is 36.0 Å². The Hall–Kier alpha value is -2.12. The number of nitrogens with one attached hydrogen (secondary N) is 1. The first-order chi connectivity index (χ1) is 10.0. The van der Waals surface area contributed by atoms with E-state index in [4.69, 9.17) is 5.73 Å². The van der Waals surface area contributed by atoms with Gasteiger partial charge in [0.05, 0.1) is 5.54 Å². The van der Waals surface area contributed by atoms with Crippen LogP contribution in [0.25, 0.3) is 11.5 Å². The summed E-state index contributed by atoms with van der Waals surface area (Å²) < 4.78 is 4.34. The van der Waals surface area contributed by atoms with Crippen LogP contribution in [0.5, 0.6) is 0 Å². The molecule has 0 amide bonds. The summed E-state index contributed by atoms with van der Waals surface area (Å²) >= 11 is 1.28. The zero-order chi connectivity index (χ0) is 14.9. The second-order valence-corrected chi connectivity index (χ2v) is 5.96. The van der Waals surface area contributed by atoms with Crippen molar-refractivity contribution in [1.82, 2.24) is 14.3 Å². The number of aromatic nitrogens is 3. The van der Waals surface area contributed by atoms with Crippen LogP contribution in [0.4, 0.5) is 5.13 Å². The number of dihydropyridines is 1. The number of hydrogen-bond donors (Lipinski definition) is 2. The Morgan fingerprint density at radius 2 is 2.29 bits per heavy atom. The highest BCUT2D eigenvalue weighted by Gasteiger charge is 2.29. The van der Waals surface area contributed by atoms with Crippen molar-refractivity contribution in [3.8, 4) is 11.5 Å². The first-order valence-corrected chi connectivity index (χ1v) is 7.35. The fourth-order valence-corrected chi connectivity index (χ4v) is 2.59. The lowest BCUT2D eigenvalue weighted by Gasteiger charge is -2.30. The summed E-state index contributed by atoms with van der Waals surface area (Å²) in [6.45, 7) is 3.93. The molecule has 0 fully saturated rings. The Morgan fingerprint density at radius 3 is 3.05 bits per heavy atom. The van der Waals surface area contributed by atoms with Crippen LogP contribution in [0.2, 0.25) is 0 Å². The zero-order valence-corrected chi connectivity index (χ0v) is 12.6. The van der Waals surface area contributed by atoms with E-state index in [1.54, 1.807) is 12.4 Å². The third kappa shape index (κ3) is 2.98. The number of nitrogens with zero attached hydrogens (tertiary/aromatic N) is 4. The van der Waals surface area contributed by atoms with E-state index in [2.05, 4.69) is 24.7 Å². The summed E-state index contributed by atoms with van der Waals surface area (Å²) in [6, 6.07) is 3.90. The van der Waals surface area contributed by atoms with Gasteiger partial charge >= 0.3 is 0 Å². The number of anilines is 1. The third-order valence-corrected chi connectivity index (χ3v) is 3.84. The SMILES string of the molecule is Cc1ccnc(-c2nsc(NC3N=CC=CC3(C)N)n2)c1. The molecule has 0 spiro atoms. The van der Waals surface area contributed by atoms with Gasteiger partial charge in [-0.15, -0.1) is 0 Å². The maximum Gasteiger partial charge on any atom is 0.204 e. The molecular weight excluding hydrogens is 284 g/mol. The fourth-order valence-electron chi connectivity index (χ4n) is 1.99. The second kappa shape index (κ2) is 5.34. The minimum absolute atomic E-state index is 0.256. The van der Waals surface area contributed by atoms with Gasteiger partial charge in [0.1, 0.15) is 11.9 Å². The molecule has 2 aromatic rings. The molecule has 0 bridgehead atoms. The van der Waals surface area contributed by atoms with E-state index >= 15 is 0 Å². The molecule has 0 saturated carbocycles. The van der Waals surface area contributed by atoms with Gasteiger partial charge in [-0.25, -0.2) is 0 Å². The predicted octanol–water partition coefficient (Wildman–Crippen LogP) is 2.00.